The molecule has 1 aromatic carbocycles. The van der Waals surface area contributed by atoms with E-state index in [4.69, 9.17) is 9.84 Å². The highest BCUT2D eigenvalue weighted by molar-refractivity contribution is 5.98. The average Bonchev–Trinajstić information content (AvgIpc) is 3.59. The molecule has 1 aromatic heterocycles. The summed E-state index contributed by atoms with van der Waals surface area (Å²) in [5.74, 6) is -3.63. The maximum Gasteiger partial charge on any atom is 0.310 e. The number of aliphatic hydroxyl groups excluding tert-OH is 1. The number of carbonyl (C=O) groups excluding carboxylic acids is 2. The second-order valence-electron chi connectivity index (χ2n) is 10.8. The highest BCUT2D eigenvalue weighted by atomic mass is 16.5. The summed E-state index contributed by atoms with van der Waals surface area (Å²) in [6.45, 7) is 6.30. The molecule has 2 aromatic rings. The molecule has 2 bridgehead atoms. The molecule has 38 heavy (non-hydrogen) atoms. The molecular weight excluding hydrogens is 490 g/mol. The Bertz CT molecular complexity index is 1250. The first-order valence-corrected chi connectivity index (χ1v) is 13.3. The molecule has 5 atom stereocenters. The van der Waals surface area contributed by atoms with Crippen LogP contribution in [-0.2, 0) is 25.8 Å². The summed E-state index contributed by atoms with van der Waals surface area (Å²) >= 11 is 0. The molecule has 4 heterocycles. The second-order valence-corrected chi connectivity index (χ2v) is 10.8. The summed E-state index contributed by atoms with van der Waals surface area (Å²) < 4.78 is 8.11. The minimum absolute atomic E-state index is 0.0980. The topological polar surface area (TPSA) is 138 Å². The van der Waals surface area contributed by atoms with Crippen molar-refractivity contribution >= 4 is 28.8 Å². The number of aliphatic carboxylic acids is 1. The number of fused-ring (bicyclic) bond motifs is 2. The van der Waals surface area contributed by atoms with Crippen molar-refractivity contribution in [1.29, 1.82) is 0 Å². The summed E-state index contributed by atoms with van der Waals surface area (Å²) in [4.78, 5) is 43.7. The number of likely N-dealkylation sites (tertiary alicyclic amines) is 1. The largest absolute Gasteiger partial charge is 0.481 e. The van der Waals surface area contributed by atoms with Gasteiger partial charge in [-0.2, -0.15) is 0 Å². The zero-order valence-corrected chi connectivity index (χ0v) is 21.7. The molecule has 3 fully saturated rings. The molecule has 0 radical (unpaired) electrons. The molecule has 3 saturated heterocycles. The van der Waals surface area contributed by atoms with Gasteiger partial charge < -0.3 is 24.7 Å². The van der Waals surface area contributed by atoms with Crippen LogP contribution in [0.25, 0.3) is 11.0 Å². The molecule has 11 nitrogen and oxygen atoms in total. The fourth-order valence-electron chi connectivity index (χ4n) is 6.80. The number of para-hydroxylation sites is 1. The van der Waals surface area contributed by atoms with Gasteiger partial charge in [-0.05, 0) is 44.7 Å². The number of carboxylic acid groups (broad SMARTS) is 1. The van der Waals surface area contributed by atoms with Crippen molar-refractivity contribution in [3.63, 3.8) is 0 Å². The third-order valence-electron chi connectivity index (χ3n) is 8.47. The van der Waals surface area contributed by atoms with Gasteiger partial charge in [0.05, 0.1) is 23.0 Å². The fraction of sp³-hybridized carbons (Fsp3) is 0.593. The normalized spacial score (nSPS) is 29.7. The number of benzene rings is 1. The SMILES string of the molecule is C=CCN(Cn1nnc2ccccc21)C(=O)C1N(CCCCCCO)C(=O)[C@@H]2[C@H](C(=O)O)[C@]3(C)CCC12O3. The summed E-state index contributed by atoms with van der Waals surface area (Å²) in [6, 6.07) is 6.51. The molecule has 0 aliphatic carbocycles. The Morgan fingerprint density at radius 1 is 1.24 bits per heavy atom. The third kappa shape index (κ3) is 4.08. The fourth-order valence-corrected chi connectivity index (χ4v) is 6.80. The van der Waals surface area contributed by atoms with Gasteiger partial charge in [0, 0.05) is 19.7 Å². The van der Waals surface area contributed by atoms with E-state index < -0.39 is 35.0 Å². The summed E-state index contributed by atoms with van der Waals surface area (Å²) in [7, 11) is 0. The molecule has 1 spiro atoms. The van der Waals surface area contributed by atoms with Crippen molar-refractivity contribution in [1.82, 2.24) is 24.8 Å². The number of nitrogens with zero attached hydrogens (tertiary/aromatic N) is 5. The number of ether oxygens (including phenoxy) is 1. The van der Waals surface area contributed by atoms with Gasteiger partial charge in [-0.1, -0.05) is 36.3 Å². The maximum atomic E-state index is 14.4. The van der Waals surface area contributed by atoms with Crippen LogP contribution in [0.15, 0.2) is 36.9 Å². The number of carbonyl (C=O) groups is 3. The Kier molecular flexibility index (Phi) is 6.99. The Labute approximate surface area is 221 Å². The Balaban J connectivity index is 1.49. The van der Waals surface area contributed by atoms with Gasteiger partial charge in [-0.3, -0.25) is 14.4 Å². The van der Waals surface area contributed by atoms with Crippen molar-refractivity contribution in [2.24, 2.45) is 11.8 Å². The molecule has 3 aliphatic rings. The minimum atomic E-state index is -1.19. The first-order valence-electron chi connectivity index (χ1n) is 13.3. The van der Waals surface area contributed by atoms with E-state index in [0.717, 1.165) is 18.4 Å². The smallest absolute Gasteiger partial charge is 0.310 e. The van der Waals surface area contributed by atoms with Crippen molar-refractivity contribution in [2.75, 3.05) is 19.7 Å². The van der Waals surface area contributed by atoms with Gasteiger partial charge >= 0.3 is 5.97 Å². The van der Waals surface area contributed by atoms with Gasteiger partial charge in [-0.25, -0.2) is 4.68 Å². The van der Waals surface area contributed by atoms with E-state index in [1.165, 1.54) is 0 Å². The Morgan fingerprint density at radius 3 is 2.74 bits per heavy atom. The quantitative estimate of drug-likeness (QED) is 0.316. The van der Waals surface area contributed by atoms with Crippen LogP contribution < -0.4 is 0 Å². The van der Waals surface area contributed by atoms with Crippen molar-refractivity contribution in [3.05, 3.63) is 36.9 Å². The first kappa shape index (κ1) is 26.3. The molecule has 2 N–H and O–H groups in total. The van der Waals surface area contributed by atoms with Crippen LogP contribution in [0.1, 0.15) is 45.4 Å². The lowest BCUT2D eigenvalue weighted by Crippen LogP contribution is -2.56. The lowest BCUT2D eigenvalue weighted by atomic mass is 9.66. The summed E-state index contributed by atoms with van der Waals surface area (Å²) in [6.07, 6.45) is 5.43. The van der Waals surface area contributed by atoms with Crippen LogP contribution in [0, 0.1) is 11.8 Å². The van der Waals surface area contributed by atoms with Gasteiger partial charge in [0.25, 0.3) is 0 Å². The number of aliphatic hydroxyl groups is 1. The van der Waals surface area contributed by atoms with Crippen LogP contribution in [0.3, 0.4) is 0 Å². The summed E-state index contributed by atoms with van der Waals surface area (Å²) in [5, 5.41) is 27.6. The molecule has 2 unspecified atom stereocenters. The van der Waals surface area contributed by atoms with Gasteiger partial charge in [0.2, 0.25) is 11.8 Å². The predicted octanol–water partition coefficient (Wildman–Crippen LogP) is 1.81. The monoisotopic (exact) mass is 525 g/mol. The van der Waals surface area contributed by atoms with E-state index in [1.54, 1.807) is 27.5 Å². The number of rotatable bonds is 12. The van der Waals surface area contributed by atoms with Crippen LogP contribution in [0.4, 0.5) is 0 Å². The van der Waals surface area contributed by atoms with E-state index in [-0.39, 0.29) is 31.6 Å². The predicted molar refractivity (Wildman–Crippen MR) is 137 cm³/mol. The van der Waals surface area contributed by atoms with E-state index in [0.29, 0.717) is 37.7 Å². The zero-order valence-electron chi connectivity index (χ0n) is 21.7. The van der Waals surface area contributed by atoms with Gasteiger partial charge in [0.15, 0.2) is 0 Å². The van der Waals surface area contributed by atoms with E-state index >= 15 is 0 Å². The van der Waals surface area contributed by atoms with E-state index in [9.17, 15) is 19.5 Å². The lowest BCUT2D eigenvalue weighted by molar-refractivity contribution is -0.156. The van der Waals surface area contributed by atoms with Crippen molar-refractivity contribution < 1.29 is 29.3 Å². The maximum absolute atomic E-state index is 14.4. The van der Waals surface area contributed by atoms with Gasteiger partial charge in [-0.15, -0.1) is 11.7 Å². The van der Waals surface area contributed by atoms with Gasteiger partial charge in [0.1, 0.15) is 23.8 Å². The standard InChI is InChI=1S/C27H35N5O6/c1-3-14-30(17-32-19-11-7-6-10-18(19)28-29-32)24(35)22-27-13-12-26(2,38-27)21(25(36)37)20(27)23(34)31(22)15-8-4-5-9-16-33/h3,6-7,10-11,20-22,33H,1,4-5,8-9,12-17H2,2H3,(H,36,37)/t20-,21+,22?,26-,27?/m0/s1. The molecular formula is C27H35N5O6. The molecule has 0 saturated carbocycles. The molecule has 204 valence electrons. The second kappa shape index (κ2) is 10.1. The Hall–Kier alpha value is -3.31. The highest BCUT2D eigenvalue weighted by Crippen LogP contribution is 2.63. The molecule has 11 heteroatoms. The number of amides is 2. The summed E-state index contributed by atoms with van der Waals surface area (Å²) in [5.41, 5.74) is -0.720. The van der Waals surface area contributed by atoms with E-state index in [1.807, 2.05) is 24.3 Å². The number of unbranched alkanes of at least 4 members (excludes halogenated alkanes) is 3. The molecule has 3 aliphatic heterocycles. The number of hydrogen-bond acceptors (Lipinski definition) is 7. The Morgan fingerprint density at radius 2 is 2.00 bits per heavy atom. The molecule has 2 amide bonds. The van der Waals surface area contributed by atoms with Crippen LogP contribution >= 0.6 is 0 Å². The van der Waals surface area contributed by atoms with Crippen LogP contribution in [-0.4, -0.2) is 89.7 Å². The van der Waals surface area contributed by atoms with Crippen molar-refractivity contribution in [2.45, 2.75) is 69.4 Å². The zero-order chi connectivity index (χ0) is 27.1. The van der Waals surface area contributed by atoms with E-state index in [2.05, 4.69) is 16.9 Å². The number of aromatic nitrogens is 3. The third-order valence-corrected chi connectivity index (χ3v) is 8.47. The minimum Gasteiger partial charge on any atom is -0.481 e. The lowest BCUT2D eigenvalue weighted by Gasteiger charge is -2.36. The van der Waals surface area contributed by atoms with Crippen LogP contribution in [0.5, 0.6) is 0 Å². The van der Waals surface area contributed by atoms with Crippen LogP contribution in [0.2, 0.25) is 0 Å². The number of carboxylic acids is 1. The average molecular weight is 526 g/mol. The van der Waals surface area contributed by atoms with Crippen molar-refractivity contribution in [3.8, 4) is 0 Å². The first-order chi connectivity index (χ1) is 18.3. The highest BCUT2D eigenvalue weighted by Gasteiger charge is 2.78. The molecule has 5 rings (SSSR count). The number of hydrogen-bond donors (Lipinski definition) is 2.